The van der Waals surface area contributed by atoms with E-state index in [2.05, 4.69) is 10.2 Å². The maximum atomic E-state index is 11.6. The summed E-state index contributed by atoms with van der Waals surface area (Å²) in [6.45, 7) is 1.01. The summed E-state index contributed by atoms with van der Waals surface area (Å²) in [5.74, 6) is 0.607. The Balaban J connectivity index is 1.86. The van der Waals surface area contributed by atoms with Crippen LogP contribution in [0.1, 0.15) is 30.9 Å². The molecule has 102 valence electrons. The van der Waals surface area contributed by atoms with Gasteiger partial charge in [0.2, 0.25) is 5.91 Å². The van der Waals surface area contributed by atoms with Crippen LogP contribution in [-0.2, 0) is 4.79 Å². The van der Waals surface area contributed by atoms with Gasteiger partial charge in [-0.05, 0) is 30.9 Å². The molecule has 0 aromatic heterocycles. The van der Waals surface area contributed by atoms with E-state index in [1.165, 1.54) is 19.3 Å². The largest absolute Gasteiger partial charge is 0.373 e. The van der Waals surface area contributed by atoms with Gasteiger partial charge in [-0.1, -0.05) is 18.0 Å². The van der Waals surface area contributed by atoms with Crippen LogP contribution in [0.25, 0.3) is 0 Å². The molecule has 1 aromatic rings. The molecule has 1 aliphatic carbocycles. The predicted molar refractivity (Wildman–Crippen MR) is 77.6 cm³/mol. The van der Waals surface area contributed by atoms with Gasteiger partial charge in [-0.15, -0.1) is 0 Å². The predicted octanol–water partition coefficient (Wildman–Crippen LogP) is 2.53. The molecule has 1 heterocycles. The number of rotatable bonds is 3. The van der Waals surface area contributed by atoms with E-state index in [1.54, 1.807) is 0 Å². The van der Waals surface area contributed by atoms with Gasteiger partial charge in [0.05, 0.1) is 10.7 Å². The number of carbonyl (C=O) groups excluding carboxylic acids is 1. The third-order valence-electron chi connectivity index (χ3n) is 4.16. The molecule has 1 atom stereocenters. The number of nitrogens with zero attached hydrogens (tertiary/aromatic N) is 1. The number of nitrogens with one attached hydrogen (secondary N) is 1. The zero-order valence-corrected chi connectivity index (χ0v) is 11.7. The summed E-state index contributed by atoms with van der Waals surface area (Å²) in [5, 5.41) is 3.46. The number of hydrogen-bond donors (Lipinski definition) is 2. The Hall–Kier alpha value is -1.26. The minimum absolute atomic E-state index is 0.162. The van der Waals surface area contributed by atoms with Gasteiger partial charge in [-0.25, -0.2) is 0 Å². The Morgan fingerprint density at radius 3 is 2.84 bits per heavy atom. The van der Waals surface area contributed by atoms with Crippen molar-refractivity contribution in [3.63, 3.8) is 0 Å². The molecule has 3 N–H and O–H groups in total. The zero-order valence-electron chi connectivity index (χ0n) is 10.9. The van der Waals surface area contributed by atoms with Gasteiger partial charge in [0.1, 0.15) is 6.04 Å². The number of amides is 1. The first-order valence-electron chi connectivity index (χ1n) is 6.67. The summed E-state index contributed by atoms with van der Waals surface area (Å²) in [6.07, 6.45) is 3.93. The molecule has 0 radical (unpaired) electrons. The summed E-state index contributed by atoms with van der Waals surface area (Å²) < 4.78 is 0. The van der Waals surface area contributed by atoms with Gasteiger partial charge in [-0.3, -0.25) is 4.79 Å². The maximum Gasteiger partial charge on any atom is 0.245 e. The van der Waals surface area contributed by atoms with Crippen LogP contribution in [0.4, 0.5) is 11.4 Å². The van der Waals surface area contributed by atoms with Gasteiger partial charge in [0.25, 0.3) is 0 Å². The Morgan fingerprint density at radius 2 is 2.21 bits per heavy atom. The maximum absolute atomic E-state index is 11.6. The Bertz CT molecular complexity index is 528. The lowest BCUT2D eigenvalue weighted by Crippen LogP contribution is -2.29. The Kier molecular flexibility index (Phi) is 3.15. The lowest BCUT2D eigenvalue weighted by molar-refractivity contribution is -0.116. The van der Waals surface area contributed by atoms with Crippen molar-refractivity contribution < 1.29 is 4.79 Å². The zero-order chi connectivity index (χ0) is 13.6. The minimum atomic E-state index is -0.599. The van der Waals surface area contributed by atoms with E-state index in [9.17, 15) is 4.79 Å². The third kappa shape index (κ3) is 2.19. The van der Waals surface area contributed by atoms with Crippen molar-refractivity contribution in [3.05, 3.63) is 22.7 Å². The molecular weight excluding hydrogens is 262 g/mol. The third-order valence-corrected chi connectivity index (χ3v) is 4.47. The molecule has 5 heteroatoms. The average molecular weight is 280 g/mol. The highest BCUT2D eigenvalue weighted by atomic mass is 35.5. The lowest BCUT2D eigenvalue weighted by Gasteiger charge is -2.32. The summed E-state index contributed by atoms with van der Waals surface area (Å²) >= 11 is 6.32. The molecular formula is C14H18ClN3O. The van der Waals surface area contributed by atoms with Crippen molar-refractivity contribution in [2.75, 3.05) is 23.8 Å². The number of hydrogen-bond acceptors (Lipinski definition) is 3. The molecule has 1 amide bonds. The van der Waals surface area contributed by atoms with E-state index in [1.807, 2.05) is 19.2 Å². The van der Waals surface area contributed by atoms with Crippen LogP contribution in [-0.4, -0.2) is 19.5 Å². The van der Waals surface area contributed by atoms with Crippen LogP contribution in [0.3, 0.4) is 0 Å². The molecule has 1 fully saturated rings. The van der Waals surface area contributed by atoms with Crippen molar-refractivity contribution in [1.82, 2.24) is 0 Å². The Labute approximate surface area is 117 Å². The molecule has 0 saturated heterocycles. The van der Waals surface area contributed by atoms with Gasteiger partial charge in [-0.2, -0.15) is 0 Å². The van der Waals surface area contributed by atoms with Crippen molar-refractivity contribution >= 4 is 28.9 Å². The number of fused-ring (bicyclic) bond motifs is 1. The van der Waals surface area contributed by atoms with Crippen LogP contribution in [0.5, 0.6) is 0 Å². The molecule has 1 unspecified atom stereocenters. The van der Waals surface area contributed by atoms with Crippen molar-refractivity contribution in [3.8, 4) is 0 Å². The van der Waals surface area contributed by atoms with Crippen molar-refractivity contribution in [1.29, 1.82) is 0 Å². The van der Waals surface area contributed by atoms with Gasteiger partial charge < -0.3 is 16.0 Å². The van der Waals surface area contributed by atoms with Crippen LogP contribution in [0.2, 0.25) is 5.02 Å². The molecule has 1 saturated carbocycles. The van der Waals surface area contributed by atoms with Crippen LogP contribution in [0, 0.1) is 5.92 Å². The first-order valence-corrected chi connectivity index (χ1v) is 7.05. The molecule has 19 heavy (non-hydrogen) atoms. The summed E-state index contributed by atoms with van der Waals surface area (Å²) in [6, 6.07) is 3.14. The fourth-order valence-corrected chi connectivity index (χ4v) is 3.06. The fourth-order valence-electron chi connectivity index (χ4n) is 2.75. The molecule has 0 spiro atoms. The number of nitrogens with two attached hydrogens (primary N) is 1. The molecule has 0 bridgehead atoms. The van der Waals surface area contributed by atoms with E-state index in [-0.39, 0.29) is 5.91 Å². The average Bonchev–Trinajstić information content (AvgIpc) is 2.59. The van der Waals surface area contributed by atoms with Crippen LogP contribution < -0.4 is 16.0 Å². The van der Waals surface area contributed by atoms with Gasteiger partial charge in [0.15, 0.2) is 0 Å². The second-order valence-electron chi connectivity index (χ2n) is 5.54. The number of anilines is 2. The quantitative estimate of drug-likeness (QED) is 0.894. The Morgan fingerprint density at radius 1 is 1.47 bits per heavy atom. The molecule has 4 nitrogen and oxygen atoms in total. The standard InChI is InChI=1S/C14H18ClN3O/c1-18(7-8-3-2-4-8)12-6-11-9(5-10(12)15)13(16)14(19)17-11/h5-6,8,13H,2-4,7,16H2,1H3,(H,17,19). The topological polar surface area (TPSA) is 58.4 Å². The highest BCUT2D eigenvalue weighted by Crippen LogP contribution is 2.38. The monoisotopic (exact) mass is 279 g/mol. The molecule has 1 aromatic carbocycles. The van der Waals surface area contributed by atoms with Gasteiger partial charge in [0, 0.05) is 24.8 Å². The number of benzene rings is 1. The van der Waals surface area contributed by atoms with Crippen LogP contribution >= 0.6 is 11.6 Å². The van der Waals surface area contributed by atoms with E-state index in [4.69, 9.17) is 17.3 Å². The second kappa shape index (κ2) is 4.69. The smallest absolute Gasteiger partial charge is 0.245 e. The first kappa shape index (κ1) is 12.8. The highest BCUT2D eigenvalue weighted by molar-refractivity contribution is 6.33. The number of halogens is 1. The second-order valence-corrected chi connectivity index (χ2v) is 5.94. The van der Waals surface area contributed by atoms with Crippen molar-refractivity contribution in [2.24, 2.45) is 11.7 Å². The SMILES string of the molecule is CN(CC1CCC1)c1cc2c(cc1Cl)C(N)C(=O)N2. The number of carbonyl (C=O) groups is 1. The summed E-state index contributed by atoms with van der Waals surface area (Å²) in [5.41, 5.74) is 8.35. The fraction of sp³-hybridized carbons (Fsp3) is 0.500. The normalized spacial score (nSPS) is 21.8. The van der Waals surface area contributed by atoms with Gasteiger partial charge >= 0.3 is 0 Å². The molecule has 3 rings (SSSR count). The van der Waals surface area contributed by atoms with E-state index in [0.29, 0.717) is 5.02 Å². The van der Waals surface area contributed by atoms with E-state index < -0.39 is 6.04 Å². The van der Waals surface area contributed by atoms with Crippen molar-refractivity contribution in [2.45, 2.75) is 25.3 Å². The summed E-state index contributed by atoms with van der Waals surface area (Å²) in [7, 11) is 2.04. The van der Waals surface area contributed by atoms with E-state index in [0.717, 1.165) is 29.4 Å². The highest BCUT2D eigenvalue weighted by Gasteiger charge is 2.29. The minimum Gasteiger partial charge on any atom is -0.373 e. The molecule has 2 aliphatic rings. The first-order chi connectivity index (χ1) is 9.06. The summed E-state index contributed by atoms with van der Waals surface area (Å²) in [4.78, 5) is 13.7. The molecule has 1 aliphatic heterocycles. The van der Waals surface area contributed by atoms with E-state index >= 15 is 0 Å². The lowest BCUT2D eigenvalue weighted by atomic mass is 9.85. The van der Waals surface area contributed by atoms with Crippen LogP contribution in [0.15, 0.2) is 12.1 Å².